The van der Waals surface area contributed by atoms with Crippen LogP contribution in [0.1, 0.15) is 45.1 Å². The molecule has 0 aromatic carbocycles. The molecule has 3 aromatic rings. The molecule has 0 aliphatic rings. The predicted octanol–water partition coefficient (Wildman–Crippen LogP) is 4.52. The fourth-order valence-corrected chi connectivity index (χ4v) is 2.98. The van der Waals surface area contributed by atoms with Crippen molar-refractivity contribution < 1.29 is 27.8 Å². The maximum Gasteiger partial charge on any atom is 0.413 e. The van der Waals surface area contributed by atoms with Gasteiger partial charge in [-0.25, -0.2) is 28.6 Å². The van der Waals surface area contributed by atoms with E-state index in [9.17, 15) is 18.4 Å². The Morgan fingerprint density at radius 3 is 2.51 bits per heavy atom. The van der Waals surface area contributed by atoms with E-state index < -0.39 is 35.7 Å². The summed E-state index contributed by atoms with van der Waals surface area (Å²) in [6.07, 6.45) is -1.98. The normalized spacial score (nSPS) is 12.1. The van der Waals surface area contributed by atoms with Gasteiger partial charge in [-0.3, -0.25) is 10.6 Å². The molecule has 2 N–H and O–H groups in total. The second-order valence-corrected chi connectivity index (χ2v) is 8.57. The van der Waals surface area contributed by atoms with Crippen molar-refractivity contribution in [3.8, 4) is 11.4 Å². The number of ether oxygens (including phenoxy) is 2. The van der Waals surface area contributed by atoms with Gasteiger partial charge in [0, 0.05) is 7.05 Å². The summed E-state index contributed by atoms with van der Waals surface area (Å²) in [5, 5.41) is 13.0. The van der Waals surface area contributed by atoms with Crippen LogP contribution in [0.25, 0.3) is 11.4 Å². The molecule has 3 aromatic heterocycles. The van der Waals surface area contributed by atoms with E-state index in [2.05, 4.69) is 30.9 Å². The van der Waals surface area contributed by atoms with E-state index in [1.807, 2.05) is 0 Å². The number of carbonyl (C=O) groups is 2. The molecule has 1 atom stereocenters. The molecule has 0 bridgehead atoms. The first-order valence-electron chi connectivity index (χ1n) is 10.5. The molecule has 13 heteroatoms. The number of rotatable bonds is 5. The lowest BCUT2D eigenvalue weighted by Crippen LogP contribution is -2.27. The Labute approximate surface area is 199 Å². The molecule has 2 amide bonds. The summed E-state index contributed by atoms with van der Waals surface area (Å²) in [4.78, 5) is 32.2. The monoisotopic (exact) mass is 489 g/mol. The largest absolute Gasteiger partial charge is 0.444 e. The number of anilines is 2. The Morgan fingerprint density at radius 2 is 1.86 bits per heavy atom. The number of hydrogen-bond acceptors (Lipinski definition) is 8. The number of nitrogens with one attached hydrogen (secondary N) is 2. The van der Waals surface area contributed by atoms with Gasteiger partial charge < -0.3 is 9.47 Å². The topological polar surface area (TPSA) is 133 Å². The number of nitrogens with zero attached hydrogens (tertiary/aromatic N) is 5. The summed E-state index contributed by atoms with van der Waals surface area (Å²) < 4.78 is 39.0. The maximum absolute atomic E-state index is 13.9. The Bertz CT molecular complexity index is 1260. The number of halogens is 2. The predicted molar refractivity (Wildman–Crippen MR) is 121 cm³/mol. The fraction of sp³-hybridized carbons (Fsp3) is 0.364. The lowest BCUT2D eigenvalue weighted by Gasteiger charge is -2.20. The number of aromatic nitrogens is 5. The summed E-state index contributed by atoms with van der Waals surface area (Å²) >= 11 is 0. The van der Waals surface area contributed by atoms with Gasteiger partial charge in [-0.1, -0.05) is 5.21 Å². The van der Waals surface area contributed by atoms with E-state index in [4.69, 9.17) is 9.47 Å². The molecule has 0 unspecified atom stereocenters. The minimum absolute atomic E-state index is 0.153. The number of aryl methyl sites for hydroxylation is 2. The van der Waals surface area contributed by atoms with Crippen LogP contribution in [-0.2, 0) is 16.5 Å². The van der Waals surface area contributed by atoms with Crippen LogP contribution in [0.3, 0.4) is 0 Å². The van der Waals surface area contributed by atoms with Crippen LogP contribution >= 0.6 is 0 Å². The smallest absolute Gasteiger partial charge is 0.413 e. The van der Waals surface area contributed by atoms with E-state index in [0.29, 0.717) is 17.1 Å². The average molecular weight is 489 g/mol. The van der Waals surface area contributed by atoms with E-state index in [1.54, 1.807) is 39.8 Å². The Balaban J connectivity index is 1.75. The minimum atomic E-state index is -1.12. The van der Waals surface area contributed by atoms with Crippen molar-refractivity contribution in [2.45, 2.75) is 46.3 Å². The standard InChI is InChI=1S/C22H25F2N7O4/c1-11-15(27-21(33)35-22(3,4)5)7-8-16(26-11)17-19(31(6)30-29-17)28-20(32)34-12(2)14-9-13(23)10-25-18(14)24/h7-10,12H,1-6H3,(H,27,33)(H,28,32)/t12-/m1/s1. The summed E-state index contributed by atoms with van der Waals surface area (Å²) in [5.41, 5.74) is 0.607. The van der Waals surface area contributed by atoms with Crippen molar-refractivity contribution in [3.63, 3.8) is 0 Å². The average Bonchev–Trinajstić information content (AvgIpc) is 3.10. The van der Waals surface area contributed by atoms with Gasteiger partial charge in [-0.2, -0.15) is 4.39 Å². The van der Waals surface area contributed by atoms with Gasteiger partial charge in [0.05, 0.1) is 28.8 Å². The molecule has 3 rings (SSSR count). The first-order valence-corrected chi connectivity index (χ1v) is 10.5. The molecule has 0 saturated carbocycles. The van der Waals surface area contributed by atoms with Gasteiger partial charge in [0.25, 0.3) is 0 Å². The highest BCUT2D eigenvalue weighted by Crippen LogP contribution is 2.27. The molecule has 186 valence electrons. The molecule has 0 aliphatic heterocycles. The van der Waals surface area contributed by atoms with Crippen LogP contribution in [0.4, 0.5) is 29.9 Å². The van der Waals surface area contributed by atoms with Gasteiger partial charge in [-0.05, 0) is 52.8 Å². The maximum atomic E-state index is 13.9. The van der Waals surface area contributed by atoms with Crippen molar-refractivity contribution in [3.05, 3.63) is 47.4 Å². The van der Waals surface area contributed by atoms with E-state index in [0.717, 1.165) is 12.3 Å². The van der Waals surface area contributed by atoms with Crippen molar-refractivity contribution in [2.75, 3.05) is 10.6 Å². The quantitative estimate of drug-likeness (QED) is 0.500. The third-order valence-corrected chi connectivity index (χ3v) is 4.57. The third-order valence-electron chi connectivity index (χ3n) is 4.57. The van der Waals surface area contributed by atoms with Gasteiger partial charge in [0.2, 0.25) is 5.95 Å². The Hall–Kier alpha value is -4.16. The van der Waals surface area contributed by atoms with Crippen LogP contribution in [0.2, 0.25) is 0 Å². The first kappa shape index (κ1) is 25.5. The van der Waals surface area contributed by atoms with Gasteiger partial charge in [0.1, 0.15) is 17.5 Å². The van der Waals surface area contributed by atoms with Gasteiger partial charge >= 0.3 is 12.2 Å². The summed E-state index contributed by atoms with van der Waals surface area (Å²) in [5.74, 6) is -1.56. The zero-order chi connectivity index (χ0) is 25.9. The van der Waals surface area contributed by atoms with Crippen molar-refractivity contribution in [1.82, 2.24) is 25.0 Å². The van der Waals surface area contributed by atoms with Crippen LogP contribution in [0, 0.1) is 18.7 Å². The highest BCUT2D eigenvalue weighted by Gasteiger charge is 2.22. The highest BCUT2D eigenvalue weighted by molar-refractivity contribution is 5.89. The number of hydrogen-bond donors (Lipinski definition) is 2. The Kier molecular flexibility index (Phi) is 7.27. The van der Waals surface area contributed by atoms with Crippen LogP contribution in [0.5, 0.6) is 0 Å². The van der Waals surface area contributed by atoms with E-state index in [1.165, 1.54) is 18.7 Å². The van der Waals surface area contributed by atoms with Crippen LogP contribution in [0.15, 0.2) is 24.4 Å². The van der Waals surface area contributed by atoms with Crippen molar-refractivity contribution in [1.29, 1.82) is 0 Å². The van der Waals surface area contributed by atoms with E-state index in [-0.39, 0.29) is 17.1 Å². The number of amides is 2. The van der Waals surface area contributed by atoms with Gasteiger partial charge in [0.15, 0.2) is 11.5 Å². The molecule has 0 radical (unpaired) electrons. The molecule has 0 spiro atoms. The van der Waals surface area contributed by atoms with Crippen molar-refractivity contribution >= 4 is 23.7 Å². The Morgan fingerprint density at radius 1 is 1.14 bits per heavy atom. The lowest BCUT2D eigenvalue weighted by atomic mass is 10.2. The molecular formula is C22H25F2N7O4. The molecule has 0 saturated heterocycles. The van der Waals surface area contributed by atoms with Crippen molar-refractivity contribution in [2.24, 2.45) is 7.05 Å². The minimum Gasteiger partial charge on any atom is -0.444 e. The number of pyridine rings is 2. The van der Waals surface area contributed by atoms with E-state index >= 15 is 0 Å². The summed E-state index contributed by atoms with van der Waals surface area (Å²) in [6.45, 7) is 8.31. The van der Waals surface area contributed by atoms with Gasteiger partial charge in [-0.15, -0.1) is 5.10 Å². The van der Waals surface area contributed by atoms with Crippen LogP contribution < -0.4 is 10.6 Å². The second kappa shape index (κ2) is 9.99. The molecule has 11 nitrogen and oxygen atoms in total. The zero-order valence-electron chi connectivity index (χ0n) is 20.0. The molecular weight excluding hydrogens is 464 g/mol. The third kappa shape index (κ3) is 6.46. The second-order valence-electron chi connectivity index (χ2n) is 8.57. The zero-order valence-corrected chi connectivity index (χ0v) is 20.0. The van der Waals surface area contributed by atoms with Crippen LogP contribution in [-0.4, -0.2) is 42.7 Å². The fourth-order valence-electron chi connectivity index (χ4n) is 2.98. The SMILES string of the molecule is Cc1nc(-c2nnn(C)c2NC(=O)O[C@H](C)c2cc(F)cnc2F)ccc1NC(=O)OC(C)(C)C. The molecule has 0 aliphatic carbocycles. The highest BCUT2D eigenvalue weighted by atomic mass is 19.1. The summed E-state index contributed by atoms with van der Waals surface area (Å²) in [6, 6.07) is 4.09. The lowest BCUT2D eigenvalue weighted by molar-refractivity contribution is 0.0635. The first-order chi connectivity index (χ1) is 16.3. The molecule has 3 heterocycles. The summed E-state index contributed by atoms with van der Waals surface area (Å²) in [7, 11) is 1.54. The molecule has 0 fully saturated rings. The number of carbonyl (C=O) groups excluding carboxylic acids is 2. The molecule has 35 heavy (non-hydrogen) atoms.